The smallest absolute Gasteiger partial charge is 0.328 e. The third-order valence-electron chi connectivity index (χ3n) is 3.59. The Bertz CT molecular complexity index is 978. The molecule has 28 heavy (non-hydrogen) atoms. The Balaban J connectivity index is 1.77. The number of carbonyl (C=O) groups is 1. The van der Waals surface area contributed by atoms with E-state index in [0.717, 1.165) is 18.2 Å². The molecule has 1 atom stereocenters. The minimum atomic E-state index is -4.65. The van der Waals surface area contributed by atoms with Crippen LogP contribution >= 0.6 is 11.6 Å². The molecule has 0 aliphatic rings. The number of anilines is 1. The van der Waals surface area contributed by atoms with E-state index in [9.17, 15) is 18.0 Å². The van der Waals surface area contributed by atoms with E-state index in [-0.39, 0.29) is 11.0 Å². The lowest BCUT2D eigenvalue weighted by atomic mass is 10.1. The fraction of sp³-hybridized carbons (Fsp3) is 0.188. The first kappa shape index (κ1) is 19.5. The molecule has 0 radical (unpaired) electrons. The highest BCUT2D eigenvalue weighted by Gasteiger charge is 2.34. The number of rotatable bonds is 4. The maximum absolute atomic E-state index is 13.1. The molecule has 146 valence electrons. The van der Waals surface area contributed by atoms with Gasteiger partial charge in [0.15, 0.2) is 5.82 Å². The summed E-state index contributed by atoms with van der Waals surface area (Å²) in [6.07, 6.45) is -0.378. The van der Waals surface area contributed by atoms with Gasteiger partial charge in [0.05, 0.1) is 17.3 Å². The number of benzene rings is 1. The van der Waals surface area contributed by atoms with Gasteiger partial charge >= 0.3 is 12.2 Å². The lowest BCUT2D eigenvalue weighted by molar-refractivity contribution is -0.136. The average Bonchev–Trinajstić information content (AvgIpc) is 3.11. The van der Waals surface area contributed by atoms with Crippen molar-refractivity contribution >= 4 is 23.3 Å². The zero-order valence-corrected chi connectivity index (χ0v) is 15.0. The summed E-state index contributed by atoms with van der Waals surface area (Å²) in [6.45, 7) is 1.59. The van der Waals surface area contributed by atoms with Crippen LogP contribution in [-0.2, 0) is 6.18 Å². The largest absolute Gasteiger partial charge is 0.418 e. The monoisotopic (exact) mass is 411 g/mol. The van der Waals surface area contributed by atoms with Crippen LogP contribution in [0.5, 0.6) is 0 Å². The SMILES string of the molecule is CC(NC(=O)Nc1cc(Cl)ccc1C(F)(F)F)c1ncnn1-c1ncccn1. The molecule has 0 fully saturated rings. The first-order valence-corrected chi connectivity index (χ1v) is 8.25. The summed E-state index contributed by atoms with van der Waals surface area (Å²) >= 11 is 5.75. The van der Waals surface area contributed by atoms with E-state index in [2.05, 4.69) is 30.7 Å². The van der Waals surface area contributed by atoms with Gasteiger partial charge in [-0.3, -0.25) is 0 Å². The van der Waals surface area contributed by atoms with Crippen LogP contribution in [0.25, 0.3) is 5.95 Å². The van der Waals surface area contributed by atoms with Gasteiger partial charge in [0, 0.05) is 17.4 Å². The average molecular weight is 412 g/mol. The van der Waals surface area contributed by atoms with Crippen LogP contribution < -0.4 is 10.6 Å². The molecule has 12 heteroatoms. The van der Waals surface area contributed by atoms with Gasteiger partial charge in [-0.2, -0.15) is 23.0 Å². The molecule has 2 N–H and O–H groups in total. The highest BCUT2D eigenvalue weighted by molar-refractivity contribution is 6.31. The van der Waals surface area contributed by atoms with E-state index in [4.69, 9.17) is 11.6 Å². The zero-order chi connectivity index (χ0) is 20.3. The second-order valence-corrected chi connectivity index (χ2v) is 6.02. The molecule has 2 heterocycles. The van der Waals surface area contributed by atoms with E-state index in [1.807, 2.05) is 0 Å². The molecule has 0 aliphatic heterocycles. The fourth-order valence-corrected chi connectivity index (χ4v) is 2.56. The Morgan fingerprint density at radius 2 is 1.93 bits per heavy atom. The van der Waals surface area contributed by atoms with E-state index in [1.54, 1.807) is 13.0 Å². The van der Waals surface area contributed by atoms with Crippen LogP contribution in [-0.4, -0.2) is 30.8 Å². The van der Waals surface area contributed by atoms with Crippen LogP contribution in [0.1, 0.15) is 24.4 Å². The molecular formula is C16H13ClF3N7O. The van der Waals surface area contributed by atoms with Crippen molar-refractivity contribution in [1.82, 2.24) is 30.0 Å². The van der Waals surface area contributed by atoms with Gasteiger partial charge in [-0.1, -0.05) is 11.6 Å². The highest BCUT2D eigenvalue weighted by atomic mass is 35.5. The van der Waals surface area contributed by atoms with Crippen LogP contribution in [0.2, 0.25) is 5.02 Å². The molecule has 2 amide bonds. The normalized spacial score (nSPS) is 12.5. The Morgan fingerprint density at radius 3 is 2.61 bits per heavy atom. The van der Waals surface area contributed by atoms with Crippen molar-refractivity contribution in [3.05, 3.63) is 59.4 Å². The number of nitrogens with one attached hydrogen (secondary N) is 2. The summed E-state index contributed by atoms with van der Waals surface area (Å²) in [5.74, 6) is 0.529. The summed E-state index contributed by atoms with van der Waals surface area (Å²) in [5, 5.41) is 8.72. The number of aromatic nitrogens is 5. The van der Waals surface area contributed by atoms with Crippen molar-refractivity contribution in [3.63, 3.8) is 0 Å². The van der Waals surface area contributed by atoms with Crippen molar-refractivity contribution in [2.24, 2.45) is 0 Å². The minimum absolute atomic E-state index is 0.0531. The number of alkyl halides is 3. The summed E-state index contributed by atoms with van der Waals surface area (Å²) in [6, 6.07) is 2.96. The number of nitrogens with zero attached hydrogens (tertiary/aromatic N) is 5. The predicted octanol–water partition coefficient (Wildman–Crippen LogP) is 3.61. The van der Waals surface area contributed by atoms with E-state index in [1.165, 1.54) is 23.4 Å². The number of amides is 2. The van der Waals surface area contributed by atoms with Crippen molar-refractivity contribution in [3.8, 4) is 5.95 Å². The first-order chi connectivity index (χ1) is 13.3. The number of hydrogen-bond acceptors (Lipinski definition) is 5. The second kappa shape index (κ2) is 7.80. The molecular weight excluding hydrogens is 399 g/mol. The molecule has 0 saturated heterocycles. The van der Waals surface area contributed by atoms with Gasteiger partial charge in [0.2, 0.25) is 0 Å². The summed E-state index contributed by atoms with van der Waals surface area (Å²) in [5.41, 5.74) is -1.47. The minimum Gasteiger partial charge on any atom is -0.328 e. The highest BCUT2D eigenvalue weighted by Crippen LogP contribution is 2.36. The zero-order valence-electron chi connectivity index (χ0n) is 14.3. The molecule has 8 nitrogen and oxygen atoms in total. The molecule has 1 aromatic carbocycles. The van der Waals surface area contributed by atoms with Crippen molar-refractivity contribution < 1.29 is 18.0 Å². The Labute approximate surface area is 161 Å². The van der Waals surface area contributed by atoms with E-state index >= 15 is 0 Å². The van der Waals surface area contributed by atoms with Gasteiger partial charge in [0.25, 0.3) is 5.95 Å². The third kappa shape index (κ3) is 4.36. The maximum Gasteiger partial charge on any atom is 0.418 e. The molecule has 3 rings (SSSR count). The molecule has 3 aromatic rings. The molecule has 2 aromatic heterocycles. The van der Waals surface area contributed by atoms with E-state index < -0.39 is 29.5 Å². The molecule has 1 unspecified atom stereocenters. The van der Waals surface area contributed by atoms with Crippen molar-refractivity contribution in [2.75, 3.05) is 5.32 Å². The lowest BCUT2D eigenvalue weighted by Gasteiger charge is -2.17. The second-order valence-electron chi connectivity index (χ2n) is 5.59. The predicted molar refractivity (Wildman–Crippen MR) is 94.0 cm³/mol. The quantitative estimate of drug-likeness (QED) is 0.683. The van der Waals surface area contributed by atoms with Gasteiger partial charge in [0.1, 0.15) is 6.33 Å². The van der Waals surface area contributed by atoms with Gasteiger partial charge in [-0.05, 0) is 31.2 Å². The Morgan fingerprint density at radius 1 is 1.21 bits per heavy atom. The van der Waals surface area contributed by atoms with Crippen LogP contribution in [0, 0.1) is 0 Å². The Hall–Kier alpha value is -3.21. The van der Waals surface area contributed by atoms with Crippen LogP contribution in [0.15, 0.2) is 43.0 Å². The van der Waals surface area contributed by atoms with Crippen LogP contribution in [0.4, 0.5) is 23.7 Å². The summed E-state index contributed by atoms with van der Waals surface area (Å²) in [4.78, 5) is 24.4. The third-order valence-corrected chi connectivity index (χ3v) is 3.82. The number of halogens is 4. The van der Waals surface area contributed by atoms with Crippen molar-refractivity contribution in [1.29, 1.82) is 0 Å². The fourth-order valence-electron chi connectivity index (χ4n) is 2.39. The summed E-state index contributed by atoms with van der Waals surface area (Å²) in [7, 11) is 0. The van der Waals surface area contributed by atoms with Gasteiger partial charge in [-0.25, -0.2) is 19.7 Å². The maximum atomic E-state index is 13.1. The standard InChI is InChI=1S/C16H13ClF3N7O/c1-9(13-23-8-24-27(13)14-21-5-2-6-22-14)25-15(28)26-12-7-10(17)3-4-11(12)16(18,19)20/h2-9H,1H3,(H2,25,26,28). The molecule has 0 saturated carbocycles. The first-order valence-electron chi connectivity index (χ1n) is 7.87. The Kier molecular flexibility index (Phi) is 5.45. The number of urea groups is 1. The van der Waals surface area contributed by atoms with Crippen LogP contribution in [0.3, 0.4) is 0 Å². The van der Waals surface area contributed by atoms with Gasteiger partial charge in [-0.15, -0.1) is 0 Å². The number of hydrogen-bond donors (Lipinski definition) is 2. The van der Waals surface area contributed by atoms with Crippen molar-refractivity contribution in [2.45, 2.75) is 19.1 Å². The van der Waals surface area contributed by atoms with Gasteiger partial charge < -0.3 is 10.6 Å². The molecule has 0 bridgehead atoms. The molecule has 0 aliphatic carbocycles. The topological polar surface area (TPSA) is 97.6 Å². The van der Waals surface area contributed by atoms with E-state index in [0.29, 0.717) is 5.82 Å². The summed E-state index contributed by atoms with van der Waals surface area (Å²) < 4.78 is 40.6. The molecule has 0 spiro atoms. The number of carbonyl (C=O) groups excluding carboxylic acids is 1. The lowest BCUT2D eigenvalue weighted by Crippen LogP contribution is -2.33.